The summed E-state index contributed by atoms with van der Waals surface area (Å²) in [6, 6.07) is 2.35. The molecule has 440 valence electrons. The summed E-state index contributed by atoms with van der Waals surface area (Å²) in [6.07, 6.45) is 1.58. The van der Waals surface area contributed by atoms with Crippen molar-refractivity contribution < 1.29 is 76.8 Å². The van der Waals surface area contributed by atoms with Crippen molar-refractivity contribution in [2.24, 2.45) is 11.8 Å². The molecule has 4 aliphatic rings. The summed E-state index contributed by atoms with van der Waals surface area (Å²) in [5.74, 6) is -6.17. The summed E-state index contributed by atoms with van der Waals surface area (Å²) >= 11 is 7.90. The number of hydrogen-bond donors (Lipinski definition) is 7. The van der Waals surface area contributed by atoms with Gasteiger partial charge in [0.2, 0.25) is 53.2 Å². The number of imide groups is 1. The maximum absolute atomic E-state index is 14.4. The van der Waals surface area contributed by atoms with E-state index in [1.54, 1.807) is 45.1 Å². The van der Waals surface area contributed by atoms with E-state index in [9.17, 15) is 57.8 Å². The first-order chi connectivity index (χ1) is 37.7. The monoisotopic (exact) mass is 1160 g/mol. The Morgan fingerprint density at radius 2 is 1.59 bits per heavy atom. The first kappa shape index (κ1) is 64.1. The molecule has 4 aliphatic heterocycles. The standard InChI is InChI=1S/C53H74ClN9O16S/c1-29-12-10-13-30(2)53(75)25-36(77-51(74)60-53)31(3)48-52(5,79-48)38(24-45(70)62(8)34-21-33(20-29)22-35(76-9)47(34)54)78-50(73)32(4)61(7)44(69)16-19-80-37-23-46(71)63(49(37)72)18-11-14-40(65)57-27-42(67)59-28-43(68)58-26-41(66)56-17-15-39(64)55-6/h10,12-13,21-22,30-32,36-38,48,75H,11,14-20,23-28H2,1-9H3,(H,55,64)(H,56,66)(H,57,65)(H,58,68)(H,59,67)(H,60,74)/b13-10+,29-12+/t30-,31-,32+,36+,37?,38+,48+,52+,53+/m1/s1. The van der Waals surface area contributed by atoms with Crippen LogP contribution in [0.2, 0.25) is 5.02 Å². The van der Waals surface area contributed by atoms with Crippen molar-refractivity contribution in [2.45, 2.75) is 127 Å². The molecule has 27 heteroatoms. The third-order valence-corrected chi connectivity index (χ3v) is 16.2. The molecule has 5 rings (SSSR count). The molecule has 0 spiro atoms. The lowest BCUT2D eigenvalue weighted by Crippen LogP contribution is -2.60. The Kier molecular flexibility index (Phi) is 22.9. The minimum atomic E-state index is -1.69. The summed E-state index contributed by atoms with van der Waals surface area (Å²) in [7, 11) is 5.86. The summed E-state index contributed by atoms with van der Waals surface area (Å²) in [5.41, 5.74) is -0.972. The quantitative estimate of drug-likeness (QED) is 0.0508. The summed E-state index contributed by atoms with van der Waals surface area (Å²) in [6.45, 7) is 7.31. The Morgan fingerprint density at radius 3 is 2.24 bits per heavy atom. The minimum Gasteiger partial charge on any atom is -0.495 e. The van der Waals surface area contributed by atoms with Gasteiger partial charge >= 0.3 is 12.1 Å². The fourth-order valence-electron chi connectivity index (χ4n) is 9.26. The van der Waals surface area contributed by atoms with Gasteiger partial charge in [-0.1, -0.05) is 49.2 Å². The number of alkyl carbamates (subject to hydrolysis) is 1. The van der Waals surface area contributed by atoms with E-state index >= 15 is 0 Å². The fraction of sp³-hybridized carbons (Fsp3) is 0.604. The molecule has 0 saturated carbocycles. The molecular weight excluding hydrogens is 1090 g/mol. The first-order valence-corrected chi connectivity index (χ1v) is 27.7. The topological polar surface area (TPSA) is 330 Å². The van der Waals surface area contributed by atoms with Gasteiger partial charge in [-0.15, -0.1) is 11.8 Å². The number of epoxide rings is 1. The lowest BCUT2D eigenvalue weighted by Gasteiger charge is -2.41. The molecule has 25 nitrogen and oxygen atoms in total. The number of fused-ring (bicyclic) bond motifs is 5. The van der Waals surface area contributed by atoms with Crippen LogP contribution in [0, 0.1) is 11.8 Å². The summed E-state index contributed by atoms with van der Waals surface area (Å²) in [4.78, 5) is 144. The molecule has 0 aliphatic carbocycles. The molecule has 3 fully saturated rings. The van der Waals surface area contributed by atoms with E-state index in [-0.39, 0.29) is 74.8 Å². The number of halogens is 1. The number of amides is 10. The average molecular weight is 1160 g/mol. The second-order valence-corrected chi connectivity index (χ2v) is 22.1. The van der Waals surface area contributed by atoms with Crippen molar-refractivity contribution in [2.75, 3.05) is 71.6 Å². The van der Waals surface area contributed by atoms with Gasteiger partial charge in [-0.25, -0.2) is 9.59 Å². The number of ether oxygens (including phenoxy) is 4. The van der Waals surface area contributed by atoms with Crippen LogP contribution in [-0.4, -0.2) is 188 Å². The SMILES string of the molecule is CNC(=O)CCNC(=O)CNC(=O)CNC(=O)CNC(=O)CCCN1C(=O)CC(SCCC(=O)N(C)[C@@H](C)C(=O)O[C@H]2CC(=O)N(C)c3cc(cc(OC)c3Cl)C/C(C)=C/C=C/[C@@H](C)[C@@]3(O)C[C@H](OC(=O)N3)[C@@H](C)[C@@H]3O[C@@]23C)C1=O. The Balaban J connectivity index is 1.13. The number of methoxy groups -OCH3 is 1. The lowest BCUT2D eigenvalue weighted by atomic mass is 9.82. The maximum atomic E-state index is 14.4. The number of likely N-dealkylation sites (tertiary alicyclic amines) is 1. The number of carbonyl (C=O) groups excluding carboxylic acids is 11. The van der Waals surface area contributed by atoms with Gasteiger partial charge in [0.25, 0.3) is 0 Å². The third kappa shape index (κ3) is 17.1. The molecule has 1 aromatic rings. The molecule has 80 heavy (non-hydrogen) atoms. The number of thioether (sulfide) groups is 1. The molecule has 9 atom stereocenters. The Bertz CT molecular complexity index is 2620. The van der Waals surface area contributed by atoms with E-state index < -0.39 is 132 Å². The second-order valence-electron chi connectivity index (χ2n) is 20.4. The largest absolute Gasteiger partial charge is 0.495 e. The Labute approximate surface area is 473 Å². The molecule has 0 radical (unpaired) electrons. The number of carbonyl (C=O) groups is 11. The van der Waals surface area contributed by atoms with Gasteiger partial charge in [0, 0.05) is 83.9 Å². The molecule has 7 N–H and O–H groups in total. The van der Waals surface area contributed by atoms with Gasteiger partial charge in [0.05, 0.1) is 50.2 Å². The number of anilines is 1. The molecule has 1 aromatic carbocycles. The van der Waals surface area contributed by atoms with Crippen molar-refractivity contribution in [3.63, 3.8) is 0 Å². The van der Waals surface area contributed by atoms with Gasteiger partial charge in [0.15, 0.2) is 0 Å². The number of likely N-dealkylation sites (N-methyl/N-ethyl adjacent to an activating group) is 1. The van der Waals surface area contributed by atoms with Crippen molar-refractivity contribution in [3.05, 3.63) is 46.5 Å². The molecule has 4 heterocycles. The van der Waals surface area contributed by atoms with E-state index in [1.807, 2.05) is 13.0 Å². The van der Waals surface area contributed by atoms with Gasteiger partial charge < -0.3 is 60.4 Å². The Morgan fingerprint density at radius 1 is 0.938 bits per heavy atom. The highest BCUT2D eigenvalue weighted by molar-refractivity contribution is 8.00. The van der Waals surface area contributed by atoms with E-state index in [1.165, 1.54) is 45.0 Å². The number of hydrogen-bond acceptors (Lipinski definition) is 17. The van der Waals surface area contributed by atoms with E-state index in [2.05, 4.69) is 31.9 Å². The van der Waals surface area contributed by atoms with Crippen molar-refractivity contribution in [1.82, 2.24) is 41.7 Å². The van der Waals surface area contributed by atoms with Crippen LogP contribution < -0.4 is 41.5 Å². The number of rotatable bonds is 21. The van der Waals surface area contributed by atoms with Crippen LogP contribution in [0.5, 0.6) is 5.75 Å². The predicted molar refractivity (Wildman–Crippen MR) is 291 cm³/mol. The van der Waals surface area contributed by atoms with Crippen LogP contribution in [0.3, 0.4) is 0 Å². The maximum Gasteiger partial charge on any atom is 0.409 e. The zero-order valence-electron chi connectivity index (χ0n) is 46.5. The molecule has 10 amide bonds. The molecule has 3 saturated heterocycles. The highest BCUT2D eigenvalue weighted by Gasteiger charge is 2.64. The number of nitrogens with zero attached hydrogens (tertiary/aromatic N) is 3. The number of nitrogens with one attached hydrogen (secondary N) is 6. The summed E-state index contributed by atoms with van der Waals surface area (Å²) < 4.78 is 23.7. The van der Waals surface area contributed by atoms with Crippen LogP contribution in [0.4, 0.5) is 10.5 Å². The van der Waals surface area contributed by atoms with E-state index in [4.69, 9.17) is 30.5 Å². The second kappa shape index (κ2) is 28.6. The van der Waals surface area contributed by atoms with E-state index in [0.29, 0.717) is 17.9 Å². The van der Waals surface area contributed by atoms with Crippen molar-refractivity contribution in [3.8, 4) is 5.75 Å². The zero-order valence-corrected chi connectivity index (χ0v) is 48.1. The zero-order chi connectivity index (χ0) is 59.2. The highest BCUT2D eigenvalue weighted by atomic mass is 35.5. The van der Waals surface area contributed by atoms with Gasteiger partial charge in [-0.2, -0.15) is 0 Å². The van der Waals surface area contributed by atoms with Crippen LogP contribution in [0.15, 0.2) is 35.9 Å². The highest BCUT2D eigenvalue weighted by Crippen LogP contribution is 2.49. The molecule has 0 aromatic heterocycles. The minimum absolute atomic E-state index is 0.0121. The number of allylic oxidation sites excluding steroid dienone is 3. The molecule has 4 bridgehead atoms. The molecular formula is C53H74ClN9O16S. The first-order valence-electron chi connectivity index (χ1n) is 26.3. The number of esters is 1. The van der Waals surface area contributed by atoms with Gasteiger partial charge in [-0.05, 0) is 51.3 Å². The summed E-state index contributed by atoms with van der Waals surface area (Å²) in [5, 5.41) is 25.6. The molecule has 1 unspecified atom stereocenters. The van der Waals surface area contributed by atoms with Crippen LogP contribution in [-0.2, 0) is 68.6 Å². The third-order valence-electron chi connectivity index (χ3n) is 14.6. The van der Waals surface area contributed by atoms with Crippen molar-refractivity contribution in [1.29, 1.82) is 0 Å². The lowest BCUT2D eigenvalue weighted by molar-refractivity contribution is -0.162. The number of benzene rings is 1. The fourth-order valence-corrected chi connectivity index (χ4v) is 10.7. The van der Waals surface area contributed by atoms with E-state index in [0.717, 1.165) is 27.8 Å². The van der Waals surface area contributed by atoms with Crippen LogP contribution in [0.1, 0.15) is 85.1 Å². The normalized spacial score (nSPS) is 26.2. The van der Waals surface area contributed by atoms with Gasteiger partial charge in [0.1, 0.15) is 40.3 Å². The van der Waals surface area contributed by atoms with Crippen molar-refractivity contribution >= 4 is 94.3 Å². The van der Waals surface area contributed by atoms with Gasteiger partial charge in [-0.3, -0.25) is 53.4 Å². The smallest absolute Gasteiger partial charge is 0.409 e. The number of aliphatic hydroxyl groups is 1. The predicted octanol–water partition coefficient (Wildman–Crippen LogP) is 0.768. The van der Waals surface area contributed by atoms with Crippen LogP contribution >= 0.6 is 23.4 Å². The average Bonchev–Trinajstić information content (AvgIpc) is 4.23. The van der Waals surface area contributed by atoms with Crippen LogP contribution in [0.25, 0.3) is 0 Å². The Hall–Kier alpha value is -6.77.